The molecule has 0 aliphatic rings. The highest BCUT2D eigenvalue weighted by Crippen LogP contribution is 2.20. The number of carbonyl (C=O) groups excluding carboxylic acids is 1. The number of rotatable bonds is 7. The van der Waals surface area contributed by atoms with Crippen molar-refractivity contribution in [2.75, 3.05) is 11.8 Å². The van der Waals surface area contributed by atoms with Crippen molar-refractivity contribution in [3.8, 4) is 5.75 Å². The van der Waals surface area contributed by atoms with E-state index in [1.165, 1.54) is 37.6 Å². The molecule has 0 aliphatic heterocycles. The van der Waals surface area contributed by atoms with E-state index in [0.29, 0.717) is 11.4 Å². The van der Waals surface area contributed by atoms with Gasteiger partial charge in [-0.1, -0.05) is 6.07 Å². The van der Waals surface area contributed by atoms with Crippen molar-refractivity contribution in [1.82, 2.24) is 10.4 Å². The van der Waals surface area contributed by atoms with Crippen LogP contribution in [0.3, 0.4) is 0 Å². The molecular weight excluding hydrogens is 392 g/mol. The van der Waals surface area contributed by atoms with Crippen LogP contribution in [-0.2, 0) is 10.0 Å². The highest BCUT2D eigenvalue weighted by atomic mass is 32.2. The Morgan fingerprint density at radius 3 is 2.48 bits per heavy atom. The van der Waals surface area contributed by atoms with Crippen molar-refractivity contribution in [3.63, 3.8) is 0 Å². The highest BCUT2D eigenvalue weighted by molar-refractivity contribution is 7.92. The van der Waals surface area contributed by atoms with Gasteiger partial charge in [-0.2, -0.15) is 5.10 Å². The first-order valence-electron chi connectivity index (χ1n) is 8.48. The molecule has 0 fully saturated rings. The normalized spacial score (nSPS) is 11.2. The Bertz CT molecular complexity index is 1110. The van der Waals surface area contributed by atoms with Crippen molar-refractivity contribution in [2.45, 2.75) is 4.90 Å². The fourth-order valence-electron chi connectivity index (χ4n) is 2.36. The van der Waals surface area contributed by atoms with Crippen LogP contribution in [0.5, 0.6) is 5.75 Å². The molecule has 2 N–H and O–H groups in total. The van der Waals surface area contributed by atoms with E-state index in [1.54, 1.807) is 48.8 Å². The fraction of sp³-hybridized carbons (Fsp3) is 0.0500. The smallest absolute Gasteiger partial charge is 0.271 e. The van der Waals surface area contributed by atoms with Crippen molar-refractivity contribution < 1.29 is 17.9 Å². The first-order valence-corrected chi connectivity index (χ1v) is 9.96. The Kier molecular flexibility index (Phi) is 6.20. The summed E-state index contributed by atoms with van der Waals surface area (Å²) in [6.45, 7) is 0. The van der Waals surface area contributed by atoms with E-state index in [0.717, 1.165) is 5.56 Å². The van der Waals surface area contributed by atoms with Crippen LogP contribution in [-0.4, -0.2) is 32.6 Å². The lowest BCUT2D eigenvalue weighted by Crippen LogP contribution is -2.19. The second-order valence-corrected chi connectivity index (χ2v) is 7.52. The summed E-state index contributed by atoms with van der Waals surface area (Å²) in [5.74, 6) is 0.0794. The molecule has 0 bridgehead atoms. The van der Waals surface area contributed by atoms with E-state index >= 15 is 0 Å². The van der Waals surface area contributed by atoms with Crippen LogP contribution in [0.25, 0.3) is 0 Å². The summed E-state index contributed by atoms with van der Waals surface area (Å²) in [4.78, 5) is 16.1. The first kappa shape index (κ1) is 20.0. The monoisotopic (exact) mass is 410 g/mol. The average molecular weight is 410 g/mol. The summed E-state index contributed by atoms with van der Waals surface area (Å²) in [6.07, 6.45) is 4.67. The lowest BCUT2D eigenvalue weighted by atomic mass is 10.2. The fourth-order valence-corrected chi connectivity index (χ4v) is 3.46. The minimum atomic E-state index is -3.87. The van der Waals surface area contributed by atoms with Crippen LogP contribution in [0.2, 0.25) is 0 Å². The molecule has 0 spiro atoms. The van der Waals surface area contributed by atoms with E-state index in [4.69, 9.17) is 4.74 Å². The van der Waals surface area contributed by atoms with Crippen LogP contribution in [0.15, 0.2) is 83.1 Å². The van der Waals surface area contributed by atoms with E-state index in [1.807, 2.05) is 0 Å². The molecule has 0 saturated carbocycles. The molecule has 0 atom stereocenters. The van der Waals surface area contributed by atoms with Crippen LogP contribution in [0, 0.1) is 0 Å². The summed E-state index contributed by atoms with van der Waals surface area (Å²) < 4.78 is 32.8. The lowest BCUT2D eigenvalue weighted by molar-refractivity contribution is 0.0955. The number of nitrogens with zero attached hydrogens (tertiary/aromatic N) is 2. The Labute approximate surface area is 168 Å². The molecule has 1 heterocycles. The van der Waals surface area contributed by atoms with Gasteiger partial charge in [0.1, 0.15) is 5.75 Å². The van der Waals surface area contributed by atoms with Crippen LogP contribution in [0.1, 0.15) is 15.9 Å². The van der Waals surface area contributed by atoms with Gasteiger partial charge in [-0.25, -0.2) is 13.8 Å². The van der Waals surface area contributed by atoms with Crippen LogP contribution < -0.4 is 14.9 Å². The Morgan fingerprint density at radius 2 is 1.79 bits per heavy atom. The summed E-state index contributed by atoms with van der Waals surface area (Å²) >= 11 is 0. The molecule has 0 radical (unpaired) electrons. The number of pyridine rings is 1. The molecule has 1 aromatic heterocycles. The maximum Gasteiger partial charge on any atom is 0.271 e. The Hall–Kier alpha value is -3.72. The second kappa shape index (κ2) is 8.98. The number of nitrogens with one attached hydrogen (secondary N) is 2. The zero-order valence-corrected chi connectivity index (χ0v) is 16.3. The largest absolute Gasteiger partial charge is 0.497 e. The number of hydrogen-bond acceptors (Lipinski definition) is 6. The van der Waals surface area contributed by atoms with Gasteiger partial charge in [0.15, 0.2) is 0 Å². The molecule has 3 aromatic rings. The Morgan fingerprint density at radius 1 is 1.07 bits per heavy atom. The highest BCUT2D eigenvalue weighted by Gasteiger charge is 2.16. The summed E-state index contributed by atoms with van der Waals surface area (Å²) in [5, 5.41) is 3.86. The first-order chi connectivity index (χ1) is 14.0. The van der Waals surface area contributed by atoms with Gasteiger partial charge in [-0.05, 0) is 60.2 Å². The maximum absolute atomic E-state index is 12.6. The molecule has 3 rings (SSSR count). The summed E-state index contributed by atoms with van der Waals surface area (Å²) in [5.41, 5.74) is 3.67. The molecule has 8 nitrogen and oxygen atoms in total. The van der Waals surface area contributed by atoms with Gasteiger partial charge in [-0.3, -0.25) is 14.5 Å². The van der Waals surface area contributed by atoms with E-state index in [-0.39, 0.29) is 10.5 Å². The number of ether oxygens (including phenoxy) is 1. The number of methoxy groups -OCH3 is 1. The van der Waals surface area contributed by atoms with Gasteiger partial charge in [0, 0.05) is 23.6 Å². The third kappa shape index (κ3) is 5.39. The van der Waals surface area contributed by atoms with Crippen molar-refractivity contribution in [3.05, 3.63) is 84.2 Å². The molecule has 0 aliphatic carbocycles. The maximum atomic E-state index is 12.6. The lowest BCUT2D eigenvalue weighted by Gasteiger charge is -2.09. The molecular formula is C20H18N4O4S. The Balaban J connectivity index is 1.71. The van der Waals surface area contributed by atoms with Crippen molar-refractivity contribution in [2.24, 2.45) is 5.10 Å². The number of anilines is 1. The predicted octanol–water partition coefficient (Wildman–Crippen LogP) is 2.65. The average Bonchev–Trinajstić information content (AvgIpc) is 2.75. The quantitative estimate of drug-likeness (QED) is 0.460. The van der Waals surface area contributed by atoms with Gasteiger partial charge in [0.05, 0.1) is 18.2 Å². The zero-order valence-electron chi connectivity index (χ0n) is 15.4. The number of amides is 1. The van der Waals surface area contributed by atoms with Gasteiger partial charge in [0.25, 0.3) is 15.9 Å². The molecule has 0 saturated heterocycles. The van der Waals surface area contributed by atoms with Gasteiger partial charge in [-0.15, -0.1) is 0 Å². The third-order valence-electron chi connectivity index (χ3n) is 3.83. The number of hydrogen-bond donors (Lipinski definition) is 2. The SMILES string of the molecule is COc1ccc(NS(=O)(=O)c2cccc(C(=O)NN=Cc3ccncc3)c2)cc1. The molecule has 148 valence electrons. The van der Waals surface area contributed by atoms with E-state index in [2.05, 4.69) is 20.2 Å². The van der Waals surface area contributed by atoms with Crippen LogP contribution in [0.4, 0.5) is 5.69 Å². The van der Waals surface area contributed by atoms with E-state index in [9.17, 15) is 13.2 Å². The van der Waals surface area contributed by atoms with Crippen molar-refractivity contribution >= 4 is 27.8 Å². The van der Waals surface area contributed by atoms with Gasteiger partial charge in [0.2, 0.25) is 0 Å². The minimum Gasteiger partial charge on any atom is -0.497 e. The minimum absolute atomic E-state index is 0.0425. The third-order valence-corrected chi connectivity index (χ3v) is 5.21. The summed E-state index contributed by atoms with van der Waals surface area (Å²) in [6, 6.07) is 15.6. The molecule has 2 aromatic carbocycles. The number of carbonyl (C=O) groups is 1. The molecule has 0 unspecified atom stereocenters. The predicted molar refractivity (Wildman–Crippen MR) is 110 cm³/mol. The van der Waals surface area contributed by atoms with E-state index < -0.39 is 15.9 Å². The number of sulfonamides is 1. The molecule has 29 heavy (non-hydrogen) atoms. The molecule has 1 amide bonds. The van der Waals surface area contributed by atoms with Gasteiger partial charge >= 0.3 is 0 Å². The summed E-state index contributed by atoms with van der Waals surface area (Å²) in [7, 11) is -2.34. The molecule has 9 heteroatoms. The second-order valence-electron chi connectivity index (χ2n) is 5.84. The number of benzene rings is 2. The number of aromatic nitrogens is 1. The van der Waals surface area contributed by atoms with Crippen LogP contribution >= 0.6 is 0 Å². The van der Waals surface area contributed by atoms with Crippen molar-refractivity contribution in [1.29, 1.82) is 0 Å². The number of hydrazone groups is 1. The zero-order chi connectivity index (χ0) is 20.7. The van der Waals surface area contributed by atoms with Gasteiger partial charge < -0.3 is 4.74 Å². The topological polar surface area (TPSA) is 110 Å². The standard InChI is InChI=1S/C20H18N4O4S/c1-28-18-7-5-17(6-8-18)24-29(26,27)19-4-2-3-16(13-19)20(25)23-22-14-15-9-11-21-12-10-15/h2-14,24H,1H3,(H,23,25).